The molecule has 7 heteroatoms. The van der Waals surface area contributed by atoms with E-state index in [4.69, 9.17) is 17.0 Å². The second kappa shape index (κ2) is 10.9. The smallest absolute Gasteiger partial charge is 0.261 e. The minimum absolute atomic E-state index is 0.0467. The van der Waals surface area contributed by atoms with Gasteiger partial charge in [0.2, 0.25) is 0 Å². The van der Waals surface area contributed by atoms with Gasteiger partial charge in [-0.1, -0.05) is 25.0 Å². The number of hydrogen-bond donors (Lipinski definition) is 2. The molecule has 2 aromatic rings. The molecule has 3 rings (SSSR count). The summed E-state index contributed by atoms with van der Waals surface area (Å²) >= 11 is 5.29. The van der Waals surface area contributed by atoms with Gasteiger partial charge in [-0.2, -0.15) is 0 Å². The van der Waals surface area contributed by atoms with Crippen LogP contribution in [0.25, 0.3) is 0 Å². The summed E-state index contributed by atoms with van der Waals surface area (Å²) in [4.78, 5) is 27.3. The number of likely N-dealkylation sites (tertiary alicyclic amines) is 1. The van der Waals surface area contributed by atoms with Gasteiger partial charge >= 0.3 is 0 Å². The highest BCUT2D eigenvalue weighted by Gasteiger charge is 2.18. The molecule has 0 aliphatic carbocycles. The minimum Gasteiger partial charge on any atom is -0.490 e. The number of ether oxygens (including phenoxy) is 1. The fourth-order valence-corrected chi connectivity index (χ4v) is 3.71. The van der Waals surface area contributed by atoms with E-state index >= 15 is 0 Å². The summed E-state index contributed by atoms with van der Waals surface area (Å²) in [6.07, 6.45) is 4.44. The Hall–Kier alpha value is -2.93. The van der Waals surface area contributed by atoms with Gasteiger partial charge in [0.1, 0.15) is 5.75 Å². The van der Waals surface area contributed by atoms with Crippen LogP contribution < -0.4 is 15.4 Å². The molecule has 0 atom stereocenters. The lowest BCUT2D eigenvalue weighted by Crippen LogP contribution is -2.34. The van der Waals surface area contributed by atoms with Crippen molar-refractivity contribution >= 4 is 34.8 Å². The number of rotatable bonds is 5. The predicted molar refractivity (Wildman–Crippen MR) is 127 cm³/mol. The zero-order valence-electron chi connectivity index (χ0n) is 18.0. The van der Waals surface area contributed by atoms with Gasteiger partial charge < -0.3 is 15.0 Å². The monoisotopic (exact) mass is 439 g/mol. The molecule has 1 saturated heterocycles. The van der Waals surface area contributed by atoms with Gasteiger partial charge in [-0.25, -0.2) is 0 Å². The lowest BCUT2D eigenvalue weighted by atomic mass is 10.1. The quantitative estimate of drug-likeness (QED) is 0.666. The summed E-state index contributed by atoms with van der Waals surface area (Å²) < 4.78 is 5.70. The van der Waals surface area contributed by atoms with Gasteiger partial charge in [0.25, 0.3) is 11.8 Å². The van der Waals surface area contributed by atoms with Gasteiger partial charge in [-0.3, -0.25) is 14.9 Å². The molecule has 6 nitrogen and oxygen atoms in total. The SMILES string of the molecule is CC(C)Oc1ccccc1C(=O)NC(=S)Nc1ccc(C(=O)N2CCCCCC2)cc1. The Morgan fingerprint density at radius 1 is 0.968 bits per heavy atom. The van der Waals surface area contributed by atoms with Gasteiger partial charge in [-0.15, -0.1) is 0 Å². The van der Waals surface area contributed by atoms with Crippen molar-refractivity contribution in [2.24, 2.45) is 0 Å². The van der Waals surface area contributed by atoms with Crippen molar-refractivity contribution < 1.29 is 14.3 Å². The Bertz CT molecular complexity index is 920. The zero-order chi connectivity index (χ0) is 22.2. The number of para-hydroxylation sites is 1. The number of benzene rings is 2. The first-order valence-corrected chi connectivity index (χ1v) is 11.1. The molecule has 0 spiro atoms. The third-order valence-electron chi connectivity index (χ3n) is 5.00. The fraction of sp³-hybridized carbons (Fsp3) is 0.375. The van der Waals surface area contributed by atoms with E-state index in [0.29, 0.717) is 22.6 Å². The van der Waals surface area contributed by atoms with Gasteiger partial charge in [0, 0.05) is 24.3 Å². The molecule has 0 aromatic heterocycles. The van der Waals surface area contributed by atoms with Crippen LogP contribution in [0.1, 0.15) is 60.2 Å². The van der Waals surface area contributed by atoms with Crippen LogP contribution in [0.3, 0.4) is 0 Å². The largest absolute Gasteiger partial charge is 0.490 e. The average Bonchev–Trinajstić information content (AvgIpc) is 3.03. The Labute approximate surface area is 189 Å². The molecule has 2 aromatic carbocycles. The van der Waals surface area contributed by atoms with Crippen LogP contribution in [-0.4, -0.2) is 41.0 Å². The van der Waals surface area contributed by atoms with Gasteiger partial charge in [0.05, 0.1) is 11.7 Å². The molecule has 1 aliphatic heterocycles. The molecule has 0 unspecified atom stereocenters. The molecule has 1 heterocycles. The molecule has 1 fully saturated rings. The molecular formula is C24H29N3O3S. The van der Waals surface area contributed by atoms with Crippen molar-refractivity contribution in [3.8, 4) is 5.75 Å². The summed E-state index contributed by atoms with van der Waals surface area (Å²) in [6, 6.07) is 14.2. The lowest BCUT2D eigenvalue weighted by Gasteiger charge is -2.20. The molecule has 0 radical (unpaired) electrons. The number of carbonyl (C=O) groups is 2. The standard InChI is InChI=1S/C24H29N3O3S/c1-17(2)30-21-10-6-5-9-20(21)22(28)26-24(31)25-19-13-11-18(12-14-19)23(29)27-15-7-3-4-8-16-27/h5-6,9-14,17H,3-4,7-8,15-16H2,1-2H3,(H2,25,26,28,31). The average molecular weight is 440 g/mol. The number of amides is 2. The van der Waals surface area contributed by atoms with Crippen LogP contribution in [0.15, 0.2) is 48.5 Å². The maximum absolute atomic E-state index is 12.7. The third-order valence-corrected chi connectivity index (χ3v) is 5.21. The van der Waals surface area contributed by atoms with Crippen molar-refractivity contribution in [2.75, 3.05) is 18.4 Å². The molecule has 2 amide bonds. The van der Waals surface area contributed by atoms with Gasteiger partial charge in [-0.05, 0) is 75.3 Å². The highest BCUT2D eigenvalue weighted by atomic mass is 32.1. The number of nitrogens with zero attached hydrogens (tertiary/aromatic N) is 1. The van der Waals surface area contributed by atoms with Gasteiger partial charge in [0.15, 0.2) is 5.11 Å². The van der Waals surface area contributed by atoms with Crippen molar-refractivity contribution in [3.05, 3.63) is 59.7 Å². The third kappa shape index (κ3) is 6.52. The van der Waals surface area contributed by atoms with E-state index in [1.54, 1.807) is 42.5 Å². The molecule has 2 N–H and O–H groups in total. The van der Waals surface area contributed by atoms with Crippen molar-refractivity contribution in [2.45, 2.75) is 45.6 Å². The van der Waals surface area contributed by atoms with Crippen molar-refractivity contribution in [1.82, 2.24) is 10.2 Å². The Balaban J connectivity index is 1.58. The second-order valence-corrected chi connectivity index (χ2v) is 8.26. The lowest BCUT2D eigenvalue weighted by molar-refractivity contribution is 0.0761. The van der Waals surface area contributed by atoms with E-state index in [1.165, 1.54) is 12.8 Å². The summed E-state index contributed by atoms with van der Waals surface area (Å²) in [5.74, 6) is 0.224. The number of anilines is 1. The molecule has 31 heavy (non-hydrogen) atoms. The Morgan fingerprint density at radius 3 is 2.26 bits per heavy atom. The van der Waals surface area contributed by atoms with E-state index in [1.807, 2.05) is 24.8 Å². The van der Waals surface area contributed by atoms with E-state index in [0.717, 1.165) is 25.9 Å². The molecule has 164 valence electrons. The van der Waals surface area contributed by atoms with E-state index in [9.17, 15) is 9.59 Å². The zero-order valence-corrected chi connectivity index (χ0v) is 18.8. The maximum Gasteiger partial charge on any atom is 0.261 e. The van der Waals surface area contributed by atoms with E-state index in [2.05, 4.69) is 10.6 Å². The summed E-state index contributed by atoms with van der Waals surface area (Å²) in [7, 11) is 0. The summed E-state index contributed by atoms with van der Waals surface area (Å²) in [6.45, 7) is 5.44. The van der Waals surface area contributed by atoms with Crippen LogP contribution in [0.2, 0.25) is 0 Å². The molecular weight excluding hydrogens is 410 g/mol. The van der Waals surface area contributed by atoms with E-state index in [-0.39, 0.29) is 23.0 Å². The van der Waals surface area contributed by atoms with Crippen molar-refractivity contribution in [1.29, 1.82) is 0 Å². The minimum atomic E-state index is -0.346. The summed E-state index contributed by atoms with van der Waals surface area (Å²) in [5, 5.41) is 5.85. The normalized spacial score (nSPS) is 14.0. The first-order chi connectivity index (χ1) is 14.9. The van der Waals surface area contributed by atoms with Crippen LogP contribution >= 0.6 is 12.2 Å². The molecule has 0 saturated carbocycles. The Morgan fingerprint density at radius 2 is 1.61 bits per heavy atom. The van der Waals surface area contributed by atoms with E-state index < -0.39 is 0 Å². The number of carbonyl (C=O) groups excluding carboxylic acids is 2. The van der Waals surface area contributed by atoms with Crippen LogP contribution in [0, 0.1) is 0 Å². The van der Waals surface area contributed by atoms with Crippen LogP contribution in [0.4, 0.5) is 5.69 Å². The number of nitrogens with one attached hydrogen (secondary N) is 2. The van der Waals surface area contributed by atoms with Crippen molar-refractivity contribution in [3.63, 3.8) is 0 Å². The summed E-state index contributed by atoms with van der Waals surface area (Å²) in [5.41, 5.74) is 1.77. The second-order valence-electron chi connectivity index (χ2n) is 7.85. The number of hydrogen-bond acceptors (Lipinski definition) is 4. The maximum atomic E-state index is 12.7. The van der Waals surface area contributed by atoms with Crippen LogP contribution in [0.5, 0.6) is 5.75 Å². The Kier molecular flexibility index (Phi) is 8.00. The topological polar surface area (TPSA) is 70.7 Å². The molecule has 1 aliphatic rings. The number of thiocarbonyl (C=S) groups is 1. The fourth-order valence-electron chi connectivity index (χ4n) is 3.50. The highest BCUT2D eigenvalue weighted by Crippen LogP contribution is 2.20. The highest BCUT2D eigenvalue weighted by molar-refractivity contribution is 7.80. The van der Waals surface area contributed by atoms with Crippen LogP contribution in [-0.2, 0) is 0 Å². The predicted octanol–water partition coefficient (Wildman–Crippen LogP) is 4.62. The first kappa shape index (κ1) is 22.7. The first-order valence-electron chi connectivity index (χ1n) is 10.7. The molecule has 0 bridgehead atoms.